The van der Waals surface area contributed by atoms with Crippen LogP contribution in [0.25, 0.3) is 0 Å². The summed E-state index contributed by atoms with van der Waals surface area (Å²) in [4.78, 5) is 10.9. The van der Waals surface area contributed by atoms with Gasteiger partial charge in [-0.25, -0.2) is 0 Å². The van der Waals surface area contributed by atoms with Gasteiger partial charge >= 0.3 is 5.97 Å². The van der Waals surface area contributed by atoms with Crippen LogP contribution in [-0.4, -0.2) is 37.0 Å². The largest absolute Gasteiger partial charge is 0.465 e. The number of carbonyl (C=O) groups is 1. The molecule has 0 radical (unpaired) electrons. The Morgan fingerprint density at radius 2 is 2.06 bits per heavy atom. The molecule has 4 rings (SSSR count). The molecule has 4 heteroatoms. The lowest BCUT2D eigenvalue weighted by Gasteiger charge is -2.30. The van der Waals surface area contributed by atoms with Gasteiger partial charge in [0, 0.05) is 24.7 Å². The first-order valence-corrected chi connectivity index (χ1v) is 6.36. The van der Waals surface area contributed by atoms with Crippen molar-refractivity contribution in [2.75, 3.05) is 6.61 Å². The smallest absolute Gasteiger partial charge is 0.302 e. The van der Waals surface area contributed by atoms with E-state index in [0.29, 0.717) is 30.5 Å². The Labute approximate surface area is 99.9 Å². The van der Waals surface area contributed by atoms with Gasteiger partial charge in [-0.05, 0) is 6.42 Å². The van der Waals surface area contributed by atoms with Crippen LogP contribution in [0.4, 0.5) is 0 Å². The Balaban J connectivity index is 1.51. The van der Waals surface area contributed by atoms with E-state index in [-0.39, 0.29) is 24.3 Å². The highest BCUT2D eigenvalue weighted by molar-refractivity contribution is 5.65. The monoisotopic (exact) mass is 236 g/mol. The highest BCUT2D eigenvalue weighted by atomic mass is 16.6. The average molecular weight is 236 g/mol. The predicted molar refractivity (Wildman–Crippen MR) is 58.2 cm³/mol. The quantitative estimate of drug-likeness (QED) is 0.528. The van der Waals surface area contributed by atoms with Gasteiger partial charge in [-0.15, -0.1) is 0 Å². The molecule has 0 aromatic carbocycles. The lowest BCUT2D eigenvalue weighted by Crippen LogP contribution is -2.39. The fourth-order valence-corrected chi connectivity index (χ4v) is 4.07. The zero-order valence-corrected chi connectivity index (χ0v) is 9.74. The van der Waals surface area contributed by atoms with E-state index in [1.54, 1.807) is 0 Å². The average Bonchev–Trinajstić information content (AvgIpc) is 3.03. The van der Waals surface area contributed by atoms with Crippen LogP contribution in [0.2, 0.25) is 0 Å². The van der Waals surface area contributed by atoms with Crippen LogP contribution in [0.5, 0.6) is 0 Å². The number of hydrogen-bond acceptors (Lipinski definition) is 4. The van der Waals surface area contributed by atoms with Crippen molar-refractivity contribution in [1.29, 1.82) is 0 Å². The molecule has 3 fully saturated rings. The van der Waals surface area contributed by atoms with E-state index in [0.717, 1.165) is 6.42 Å². The van der Waals surface area contributed by atoms with Crippen molar-refractivity contribution in [3.8, 4) is 0 Å². The van der Waals surface area contributed by atoms with Crippen LogP contribution in [0, 0.1) is 17.8 Å². The maximum atomic E-state index is 10.9. The molecule has 0 spiro atoms. The van der Waals surface area contributed by atoms with E-state index in [1.807, 2.05) is 0 Å². The predicted octanol–water partition coefficient (Wildman–Crippen LogP) is 0.906. The molecule has 92 valence electrons. The van der Waals surface area contributed by atoms with E-state index in [1.165, 1.54) is 6.92 Å². The highest BCUT2D eigenvalue weighted by Gasteiger charge is 2.63. The van der Waals surface area contributed by atoms with Gasteiger partial charge < -0.3 is 14.2 Å². The van der Waals surface area contributed by atoms with Crippen molar-refractivity contribution in [3.63, 3.8) is 0 Å². The molecule has 0 saturated carbocycles. The Bertz CT molecular complexity index is 391. The second kappa shape index (κ2) is 3.33. The van der Waals surface area contributed by atoms with Crippen molar-refractivity contribution in [1.82, 2.24) is 0 Å². The molecule has 4 bridgehead atoms. The van der Waals surface area contributed by atoms with Gasteiger partial charge in [-0.2, -0.15) is 0 Å². The number of esters is 1. The topological polar surface area (TPSA) is 44.8 Å². The maximum absolute atomic E-state index is 10.9. The fourth-order valence-electron chi connectivity index (χ4n) is 4.07. The van der Waals surface area contributed by atoms with Crippen molar-refractivity contribution in [3.05, 3.63) is 12.2 Å². The molecule has 3 saturated heterocycles. The van der Waals surface area contributed by atoms with E-state index in [9.17, 15) is 4.79 Å². The van der Waals surface area contributed by atoms with Crippen LogP contribution in [-0.2, 0) is 19.0 Å². The third kappa shape index (κ3) is 1.28. The zero-order valence-electron chi connectivity index (χ0n) is 9.74. The van der Waals surface area contributed by atoms with Crippen molar-refractivity contribution in [2.45, 2.75) is 37.8 Å². The molecule has 17 heavy (non-hydrogen) atoms. The summed E-state index contributed by atoms with van der Waals surface area (Å²) in [5.41, 5.74) is 0. The third-order valence-electron chi connectivity index (χ3n) is 4.65. The molecule has 4 nitrogen and oxygen atoms in total. The summed E-state index contributed by atoms with van der Waals surface area (Å²) >= 11 is 0. The van der Waals surface area contributed by atoms with Gasteiger partial charge in [-0.3, -0.25) is 4.79 Å². The molecular formula is C13H16O4. The molecular weight excluding hydrogens is 220 g/mol. The second-order valence-electron chi connectivity index (χ2n) is 5.54. The molecule has 0 aromatic heterocycles. The van der Waals surface area contributed by atoms with Crippen LogP contribution >= 0.6 is 0 Å². The second-order valence-corrected chi connectivity index (χ2v) is 5.54. The number of fused-ring (bicyclic) bond motifs is 9. The molecule has 4 heterocycles. The summed E-state index contributed by atoms with van der Waals surface area (Å²) < 4.78 is 17.1. The van der Waals surface area contributed by atoms with E-state index < -0.39 is 0 Å². The van der Waals surface area contributed by atoms with Gasteiger partial charge in [0.15, 0.2) is 0 Å². The minimum Gasteiger partial charge on any atom is -0.465 e. The summed E-state index contributed by atoms with van der Waals surface area (Å²) in [6.07, 6.45) is 6.40. The minimum atomic E-state index is -0.201. The van der Waals surface area contributed by atoms with E-state index in [2.05, 4.69) is 12.2 Å². The Hall–Kier alpha value is -0.870. The van der Waals surface area contributed by atoms with Crippen molar-refractivity contribution < 1.29 is 19.0 Å². The summed E-state index contributed by atoms with van der Waals surface area (Å²) in [5, 5.41) is 0. The Morgan fingerprint density at radius 1 is 1.29 bits per heavy atom. The molecule has 4 aliphatic heterocycles. The van der Waals surface area contributed by atoms with Gasteiger partial charge in [0.25, 0.3) is 0 Å². The van der Waals surface area contributed by atoms with Crippen molar-refractivity contribution >= 4 is 5.97 Å². The summed E-state index contributed by atoms with van der Waals surface area (Å²) in [7, 11) is 0. The third-order valence-corrected chi connectivity index (χ3v) is 4.65. The Morgan fingerprint density at radius 3 is 2.82 bits per heavy atom. The minimum absolute atomic E-state index is 0.201. The normalized spacial score (nSPS) is 53.1. The fraction of sp³-hybridized carbons (Fsp3) is 0.769. The summed E-state index contributed by atoms with van der Waals surface area (Å²) in [6, 6.07) is 0. The van der Waals surface area contributed by atoms with Crippen LogP contribution < -0.4 is 0 Å². The van der Waals surface area contributed by atoms with Gasteiger partial charge in [0.05, 0.1) is 31.0 Å². The molecule has 0 amide bonds. The number of rotatable bonds is 2. The lowest BCUT2D eigenvalue weighted by molar-refractivity contribution is -0.143. The van der Waals surface area contributed by atoms with E-state index >= 15 is 0 Å². The van der Waals surface area contributed by atoms with E-state index in [4.69, 9.17) is 14.2 Å². The number of ether oxygens (including phenoxy) is 3. The molecule has 4 aliphatic rings. The molecule has 7 unspecified atom stereocenters. The van der Waals surface area contributed by atoms with Crippen LogP contribution in [0.15, 0.2) is 12.2 Å². The molecule has 0 aromatic rings. The molecule has 0 N–H and O–H groups in total. The van der Waals surface area contributed by atoms with Crippen LogP contribution in [0.1, 0.15) is 13.3 Å². The number of hydrogen-bond donors (Lipinski definition) is 0. The first-order valence-electron chi connectivity index (χ1n) is 6.36. The first-order chi connectivity index (χ1) is 8.24. The standard InChI is InChI=1S/C13H16O4/c1-6(14)15-5-7-4-10-11-8-2-3-9(16-8)12(11)13(7)17-10/h2-3,7-13H,4-5H2,1H3. The maximum Gasteiger partial charge on any atom is 0.302 e. The summed E-state index contributed by atoms with van der Waals surface area (Å²) in [6.45, 7) is 1.96. The Kier molecular flexibility index (Phi) is 1.97. The first kappa shape index (κ1) is 10.1. The van der Waals surface area contributed by atoms with Gasteiger partial charge in [0.2, 0.25) is 0 Å². The molecule has 7 atom stereocenters. The lowest BCUT2D eigenvalue weighted by atomic mass is 9.70. The van der Waals surface area contributed by atoms with Gasteiger partial charge in [-0.1, -0.05) is 12.2 Å². The SMILES string of the molecule is CC(=O)OCC1CC2OC1C1C3C=CC(O3)C21. The van der Waals surface area contributed by atoms with Crippen molar-refractivity contribution in [2.24, 2.45) is 17.8 Å². The van der Waals surface area contributed by atoms with Crippen LogP contribution in [0.3, 0.4) is 0 Å². The zero-order chi connectivity index (χ0) is 11.6. The van der Waals surface area contributed by atoms with Gasteiger partial charge in [0.1, 0.15) is 0 Å². The molecule has 0 aliphatic carbocycles. The highest BCUT2D eigenvalue weighted by Crippen LogP contribution is 2.56. The number of carbonyl (C=O) groups excluding carboxylic acids is 1. The summed E-state index contributed by atoms with van der Waals surface area (Å²) in [5.74, 6) is 1.20.